The lowest BCUT2D eigenvalue weighted by atomic mass is 10.4. The minimum absolute atomic E-state index is 0.568. The highest BCUT2D eigenvalue weighted by atomic mass is 28.4. The number of rotatable bonds is 11. The summed E-state index contributed by atoms with van der Waals surface area (Å²) in [6.07, 6.45) is 6.19. The Labute approximate surface area is 177 Å². The van der Waals surface area contributed by atoms with Crippen LogP contribution in [0.4, 0.5) is 0 Å². The predicted octanol–water partition coefficient (Wildman–Crippen LogP) is 6.02. The molecule has 0 radical (unpaired) electrons. The molecule has 2 atom stereocenters. The number of carbonyl (C=O) groups excluding carboxylic acids is 1. The van der Waals surface area contributed by atoms with E-state index in [1.807, 2.05) is 0 Å². The normalized spacial score (nSPS) is 27.0. The van der Waals surface area contributed by atoms with Crippen LogP contribution in [0.25, 0.3) is 0 Å². The van der Waals surface area contributed by atoms with E-state index in [9.17, 15) is 4.79 Å². The molecule has 0 spiro atoms. The quantitative estimate of drug-likeness (QED) is 0.163. The summed E-state index contributed by atoms with van der Waals surface area (Å²) >= 11 is 0. The van der Waals surface area contributed by atoms with Crippen molar-refractivity contribution in [3.05, 3.63) is 0 Å². The van der Waals surface area contributed by atoms with Crippen LogP contribution in [0.5, 0.6) is 0 Å². The van der Waals surface area contributed by atoms with Crippen molar-refractivity contribution in [2.75, 3.05) is 13.2 Å². The lowest BCUT2D eigenvalue weighted by Crippen LogP contribution is -2.53. The summed E-state index contributed by atoms with van der Waals surface area (Å²) in [6, 6.07) is 5.73. The van der Waals surface area contributed by atoms with Gasteiger partial charge >= 0.3 is 8.56 Å². The van der Waals surface area contributed by atoms with Crippen molar-refractivity contribution in [2.45, 2.75) is 102 Å². The molecular formula is C19H43NO4Si4. The van der Waals surface area contributed by atoms with Gasteiger partial charge in [0, 0.05) is 6.61 Å². The van der Waals surface area contributed by atoms with E-state index in [0.29, 0.717) is 6.54 Å². The van der Waals surface area contributed by atoms with Gasteiger partial charge in [-0.05, 0) is 82.3 Å². The van der Waals surface area contributed by atoms with E-state index in [0.717, 1.165) is 31.2 Å². The van der Waals surface area contributed by atoms with Crippen LogP contribution in [-0.2, 0) is 17.5 Å². The maximum Gasteiger partial charge on any atom is 0.324 e. The van der Waals surface area contributed by atoms with E-state index in [2.05, 4.69) is 51.2 Å². The van der Waals surface area contributed by atoms with E-state index in [4.69, 9.17) is 12.7 Å². The zero-order valence-corrected chi connectivity index (χ0v) is 23.4. The van der Waals surface area contributed by atoms with E-state index in [1.54, 1.807) is 6.08 Å². The molecule has 2 unspecified atom stereocenters. The predicted molar refractivity (Wildman–Crippen MR) is 127 cm³/mol. The van der Waals surface area contributed by atoms with Gasteiger partial charge in [0.25, 0.3) is 0 Å². The van der Waals surface area contributed by atoms with Crippen molar-refractivity contribution in [2.24, 2.45) is 4.99 Å². The SMILES string of the molecule is CCC[Si]1(C)CCCCO[Si](C)(CC[Si](C)(C)O[Si](C)(C)CCCN=C=O)O1. The fraction of sp³-hybridized carbons (Fsp3) is 0.947. The number of hydrogen-bond acceptors (Lipinski definition) is 5. The Hall–Kier alpha value is 0.128. The molecule has 5 nitrogen and oxygen atoms in total. The van der Waals surface area contributed by atoms with Crippen molar-refractivity contribution in [1.82, 2.24) is 0 Å². The Morgan fingerprint density at radius 3 is 2.39 bits per heavy atom. The van der Waals surface area contributed by atoms with Gasteiger partial charge < -0.3 is 12.7 Å². The van der Waals surface area contributed by atoms with E-state index in [-0.39, 0.29) is 0 Å². The third-order valence-corrected chi connectivity index (χ3v) is 22.2. The van der Waals surface area contributed by atoms with Crippen LogP contribution in [0.1, 0.15) is 32.6 Å². The summed E-state index contributed by atoms with van der Waals surface area (Å²) in [7, 11) is -7.32. The molecule has 0 amide bonds. The molecule has 0 aromatic heterocycles. The van der Waals surface area contributed by atoms with Crippen molar-refractivity contribution < 1.29 is 17.5 Å². The summed E-state index contributed by atoms with van der Waals surface area (Å²) in [4.78, 5) is 13.9. The second-order valence-electron chi connectivity index (χ2n) is 9.94. The molecule has 1 fully saturated rings. The van der Waals surface area contributed by atoms with E-state index in [1.165, 1.54) is 31.4 Å². The first-order chi connectivity index (χ1) is 12.9. The molecular weight excluding hydrogens is 419 g/mol. The van der Waals surface area contributed by atoms with Gasteiger partial charge in [-0.15, -0.1) is 0 Å². The average Bonchev–Trinajstić information content (AvgIpc) is 2.55. The molecule has 164 valence electrons. The lowest BCUT2D eigenvalue weighted by Gasteiger charge is -2.41. The zero-order valence-electron chi connectivity index (χ0n) is 19.4. The average molecular weight is 462 g/mol. The van der Waals surface area contributed by atoms with Crippen molar-refractivity contribution >= 4 is 39.6 Å². The fourth-order valence-corrected chi connectivity index (χ4v) is 25.0. The van der Waals surface area contributed by atoms with Gasteiger partial charge in [0.1, 0.15) is 0 Å². The summed E-state index contributed by atoms with van der Waals surface area (Å²) < 4.78 is 20.1. The molecule has 0 aromatic carbocycles. The minimum Gasteiger partial charge on any atom is -0.456 e. The monoisotopic (exact) mass is 461 g/mol. The first-order valence-corrected chi connectivity index (χ1v) is 22.6. The van der Waals surface area contributed by atoms with Crippen molar-refractivity contribution in [3.63, 3.8) is 0 Å². The minimum atomic E-state index is -2.14. The topological polar surface area (TPSA) is 57.1 Å². The maximum atomic E-state index is 10.2. The highest BCUT2D eigenvalue weighted by molar-refractivity contribution is 6.87. The maximum absolute atomic E-state index is 10.2. The Morgan fingerprint density at radius 2 is 1.75 bits per heavy atom. The first kappa shape index (κ1) is 26.2. The molecule has 1 aliphatic heterocycles. The van der Waals surface area contributed by atoms with Crippen molar-refractivity contribution in [3.8, 4) is 0 Å². The highest BCUT2D eigenvalue weighted by Crippen LogP contribution is 2.34. The number of isocyanates is 1. The second-order valence-corrected chi connectivity index (χ2v) is 26.6. The molecule has 0 N–H and O–H groups in total. The van der Waals surface area contributed by atoms with Crippen LogP contribution in [-0.4, -0.2) is 52.7 Å². The Balaban J connectivity index is 2.67. The molecule has 1 rings (SSSR count). The van der Waals surface area contributed by atoms with Gasteiger partial charge in [-0.3, -0.25) is 0 Å². The van der Waals surface area contributed by atoms with Gasteiger partial charge in [-0.1, -0.05) is 19.8 Å². The molecule has 0 saturated carbocycles. The second kappa shape index (κ2) is 11.5. The van der Waals surface area contributed by atoms with Crippen LogP contribution >= 0.6 is 0 Å². The molecule has 1 heterocycles. The van der Waals surface area contributed by atoms with Gasteiger partial charge in [0.05, 0.1) is 6.54 Å². The largest absolute Gasteiger partial charge is 0.456 e. The van der Waals surface area contributed by atoms with Crippen LogP contribution in [0.3, 0.4) is 0 Å². The summed E-state index contributed by atoms with van der Waals surface area (Å²) in [6.45, 7) is 17.7. The number of nitrogens with zero attached hydrogens (tertiary/aromatic N) is 1. The van der Waals surface area contributed by atoms with Crippen LogP contribution in [0.2, 0.25) is 69.5 Å². The molecule has 0 aromatic rings. The van der Waals surface area contributed by atoms with Crippen molar-refractivity contribution in [1.29, 1.82) is 0 Å². The Kier molecular flexibility index (Phi) is 10.7. The molecule has 0 aliphatic carbocycles. The zero-order chi connectivity index (χ0) is 21.3. The van der Waals surface area contributed by atoms with Gasteiger partial charge in [0.2, 0.25) is 6.08 Å². The van der Waals surface area contributed by atoms with Crippen LogP contribution in [0, 0.1) is 0 Å². The third kappa shape index (κ3) is 10.2. The number of hydrogen-bond donors (Lipinski definition) is 0. The van der Waals surface area contributed by atoms with Gasteiger partial charge in [-0.25, -0.2) is 9.79 Å². The molecule has 28 heavy (non-hydrogen) atoms. The Morgan fingerprint density at radius 1 is 1.07 bits per heavy atom. The van der Waals surface area contributed by atoms with E-state index >= 15 is 0 Å². The summed E-state index contributed by atoms with van der Waals surface area (Å²) in [5.74, 6) is 0. The third-order valence-electron chi connectivity index (χ3n) is 5.60. The van der Waals surface area contributed by atoms with Gasteiger partial charge in [0.15, 0.2) is 25.0 Å². The fourth-order valence-electron chi connectivity index (χ4n) is 4.33. The lowest BCUT2D eigenvalue weighted by molar-refractivity contribution is 0.224. The number of aliphatic imine (C=N–C) groups is 1. The smallest absolute Gasteiger partial charge is 0.324 e. The van der Waals surface area contributed by atoms with Crippen LogP contribution in [0.15, 0.2) is 4.99 Å². The van der Waals surface area contributed by atoms with E-state index < -0.39 is 33.5 Å². The molecule has 0 bridgehead atoms. The van der Waals surface area contributed by atoms with Gasteiger partial charge in [-0.2, -0.15) is 0 Å². The Bertz CT molecular complexity index is 528. The highest BCUT2D eigenvalue weighted by Gasteiger charge is 2.43. The summed E-state index contributed by atoms with van der Waals surface area (Å²) in [5.41, 5.74) is 0. The standard InChI is InChI=1S/C19H43NO4Si4/c1-8-14-27(6)16-10-9-13-22-28(7,24-27)18-17-26(4,5)23-25(2,3)15-11-12-20-19-21/h8-18H2,1-7H3. The van der Waals surface area contributed by atoms with Crippen LogP contribution < -0.4 is 0 Å². The molecule has 9 heteroatoms. The summed E-state index contributed by atoms with van der Waals surface area (Å²) in [5, 5.41) is 0. The molecule has 1 saturated heterocycles. The molecule has 1 aliphatic rings. The first-order valence-electron chi connectivity index (χ1n) is 11.0.